The van der Waals surface area contributed by atoms with Crippen molar-refractivity contribution in [1.82, 2.24) is 20.1 Å². The summed E-state index contributed by atoms with van der Waals surface area (Å²) in [6, 6.07) is 0.00692. The van der Waals surface area contributed by atoms with Crippen LogP contribution in [0.25, 0.3) is 0 Å². The van der Waals surface area contributed by atoms with Gasteiger partial charge in [-0.3, -0.25) is 4.79 Å². The van der Waals surface area contributed by atoms with Gasteiger partial charge in [0.1, 0.15) is 0 Å². The highest BCUT2D eigenvalue weighted by atomic mass is 16.3. The third kappa shape index (κ3) is 3.18. The predicted octanol–water partition coefficient (Wildman–Crippen LogP) is 1.50. The van der Waals surface area contributed by atoms with Gasteiger partial charge in [0.05, 0.1) is 5.69 Å². The molecule has 3 heterocycles. The smallest absolute Gasteiger partial charge is 0.317 e. The molecule has 2 aliphatic rings. The minimum Gasteiger partial charge on any atom is -0.438 e. The van der Waals surface area contributed by atoms with Gasteiger partial charge in [0, 0.05) is 33.2 Å². The van der Waals surface area contributed by atoms with E-state index in [0.717, 1.165) is 45.4 Å². The normalized spacial score (nSPS) is 22.4. The number of piperidine rings is 1. The summed E-state index contributed by atoms with van der Waals surface area (Å²) in [7, 11) is 1.67. The van der Waals surface area contributed by atoms with Crippen LogP contribution in [-0.2, 0) is 0 Å². The molecule has 7 heteroatoms. The molecule has 3 amide bonds. The maximum atomic E-state index is 12.5. The number of amides is 3. The monoisotopic (exact) mass is 320 g/mol. The highest BCUT2D eigenvalue weighted by molar-refractivity contribution is 5.92. The van der Waals surface area contributed by atoms with Gasteiger partial charge in [0.25, 0.3) is 5.91 Å². The molecule has 1 N–H and O–H groups in total. The number of hydrogen-bond donors (Lipinski definition) is 1. The summed E-state index contributed by atoms with van der Waals surface area (Å²) < 4.78 is 5.22. The van der Waals surface area contributed by atoms with Crippen LogP contribution in [0.2, 0.25) is 0 Å². The standard InChI is InChI=1S/C16H24N4O3/c1-11-14(23-10-18-11)15(21)20-8-5-13(9-20)12-3-6-19(7-4-12)16(22)17-2/h10,12-13H,3-9H2,1-2H3,(H,17,22). The number of oxazole rings is 1. The molecule has 1 atom stereocenters. The van der Waals surface area contributed by atoms with Crippen molar-refractivity contribution in [1.29, 1.82) is 0 Å². The lowest BCUT2D eigenvalue weighted by molar-refractivity contribution is 0.0744. The van der Waals surface area contributed by atoms with Crippen LogP contribution in [0.3, 0.4) is 0 Å². The molecule has 0 bridgehead atoms. The molecule has 1 aromatic heterocycles. The van der Waals surface area contributed by atoms with Crippen LogP contribution in [-0.4, -0.2) is 59.9 Å². The van der Waals surface area contributed by atoms with Gasteiger partial charge in [-0.2, -0.15) is 0 Å². The van der Waals surface area contributed by atoms with Crippen molar-refractivity contribution in [3.63, 3.8) is 0 Å². The number of likely N-dealkylation sites (tertiary alicyclic amines) is 2. The van der Waals surface area contributed by atoms with E-state index in [0.29, 0.717) is 23.3 Å². The number of hydrogen-bond acceptors (Lipinski definition) is 4. The fraction of sp³-hybridized carbons (Fsp3) is 0.688. The van der Waals surface area contributed by atoms with E-state index in [1.807, 2.05) is 9.80 Å². The van der Waals surface area contributed by atoms with Gasteiger partial charge in [-0.05, 0) is 38.0 Å². The Morgan fingerprint density at radius 2 is 1.83 bits per heavy atom. The Kier molecular flexibility index (Phi) is 4.54. The molecular weight excluding hydrogens is 296 g/mol. The first-order valence-electron chi connectivity index (χ1n) is 8.26. The van der Waals surface area contributed by atoms with Crippen molar-refractivity contribution in [2.45, 2.75) is 26.2 Å². The fourth-order valence-electron chi connectivity index (χ4n) is 3.74. The SMILES string of the molecule is CNC(=O)N1CCC(C2CCN(C(=O)c3ocnc3C)C2)CC1. The fourth-order valence-corrected chi connectivity index (χ4v) is 3.74. The van der Waals surface area contributed by atoms with Gasteiger partial charge in [0.15, 0.2) is 6.39 Å². The molecule has 0 radical (unpaired) electrons. The van der Waals surface area contributed by atoms with Crippen molar-refractivity contribution < 1.29 is 14.0 Å². The van der Waals surface area contributed by atoms with E-state index in [1.54, 1.807) is 14.0 Å². The van der Waals surface area contributed by atoms with Crippen LogP contribution >= 0.6 is 0 Å². The van der Waals surface area contributed by atoms with E-state index in [4.69, 9.17) is 4.42 Å². The highest BCUT2D eigenvalue weighted by Crippen LogP contribution is 2.32. The highest BCUT2D eigenvalue weighted by Gasteiger charge is 2.35. The Morgan fingerprint density at radius 1 is 1.17 bits per heavy atom. The molecule has 126 valence electrons. The largest absolute Gasteiger partial charge is 0.438 e. The van der Waals surface area contributed by atoms with E-state index in [-0.39, 0.29) is 11.9 Å². The van der Waals surface area contributed by atoms with Crippen LogP contribution in [0.5, 0.6) is 0 Å². The molecule has 0 aliphatic carbocycles. The maximum absolute atomic E-state index is 12.5. The molecular formula is C16H24N4O3. The van der Waals surface area contributed by atoms with E-state index in [2.05, 4.69) is 10.3 Å². The minimum absolute atomic E-state index is 0.00692. The van der Waals surface area contributed by atoms with Crippen molar-refractivity contribution in [2.75, 3.05) is 33.2 Å². The van der Waals surface area contributed by atoms with Gasteiger partial charge in [0.2, 0.25) is 5.76 Å². The zero-order valence-electron chi connectivity index (χ0n) is 13.7. The van der Waals surface area contributed by atoms with Crippen LogP contribution in [0.4, 0.5) is 4.79 Å². The number of aromatic nitrogens is 1. The number of urea groups is 1. The second kappa shape index (κ2) is 6.60. The van der Waals surface area contributed by atoms with Crippen molar-refractivity contribution in [3.05, 3.63) is 17.8 Å². The van der Waals surface area contributed by atoms with Gasteiger partial charge < -0.3 is 19.5 Å². The predicted molar refractivity (Wildman–Crippen MR) is 84.0 cm³/mol. The summed E-state index contributed by atoms with van der Waals surface area (Å²) in [6.45, 7) is 4.95. The second-order valence-electron chi connectivity index (χ2n) is 6.45. The number of carbonyl (C=O) groups is 2. The molecule has 2 fully saturated rings. The van der Waals surface area contributed by atoms with Gasteiger partial charge in [-0.15, -0.1) is 0 Å². The molecule has 2 aliphatic heterocycles. The first-order chi connectivity index (χ1) is 11.1. The average molecular weight is 320 g/mol. The summed E-state index contributed by atoms with van der Waals surface area (Å²) in [5.41, 5.74) is 0.650. The summed E-state index contributed by atoms with van der Waals surface area (Å²) >= 11 is 0. The lowest BCUT2D eigenvalue weighted by Crippen LogP contribution is -2.44. The Morgan fingerprint density at radius 3 is 2.43 bits per heavy atom. The summed E-state index contributed by atoms with van der Waals surface area (Å²) in [6.07, 6.45) is 4.39. The van der Waals surface area contributed by atoms with E-state index < -0.39 is 0 Å². The summed E-state index contributed by atoms with van der Waals surface area (Å²) in [5.74, 6) is 1.42. The maximum Gasteiger partial charge on any atom is 0.317 e. The third-order valence-electron chi connectivity index (χ3n) is 5.16. The number of nitrogens with one attached hydrogen (secondary N) is 1. The molecule has 0 spiro atoms. The van der Waals surface area contributed by atoms with Crippen molar-refractivity contribution in [3.8, 4) is 0 Å². The summed E-state index contributed by atoms with van der Waals surface area (Å²) in [4.78, 5) is 31.9. The Hall–Kier alpha value is -2.05. The van der Waals surface area contributed by atoms with Crippen LogP contribution in [0.15, 0.2) is 10.8 Å². The van der Waals surface area contributed by atoms with Crippen LogP contribution in [0.1, 0.15) is 35.5 Å². The Labute approximate surface area is 136 Å². The lowest BCUT2D eigenvalue weighted by Gasteiger charge is -2.34. The Bertz CT molecular complexity index is 578. The lowest BCUT2D eigenvalue weighted by atomic mass is 9.84. The molecule has 1 aromatic rings. The zero-order chi connectivity index (χ0) is 16.4. The van der Waals surface area contributed by atoms with Gasteiger partial charge in [-0.25, -0.2) is 9.78 Å². The molecule has 1 unspecified atom stereocenters. The minimum atomic E-state index is -0.0507. The van der Waals surface area contributed by atoms with E-state index in [9.17, 15) is 9.59 Å². The molecule has 3 rings (SSSR count). The van der Waals surface area contributed by atoms with Crippen LogP contribution in [0, 0.1) is 18.8 Å². The zero-order valence-corrected chi connectivity index (χ0v) is 13.7. The number of aryl methyl sites for hydroxylation is 1. The first kappa shape index (κ1) is 15.8. The molecule has 23 heavy (non-hydrogen) atoms. The van der Waals surface area contributed by atoms with E-state index in [1.165, 1.54) is 6.39 Å². The molecule has 7 nitrogen and oxygen atoms in total. The third-order valence-corrected chi connectivity index (χ3v) is 5.16. The average Bonchev–Trinajstić information content (AvgIpc) is 3.23. The quantitative estimate of drug-likeness (QED) is 0.895. The number of rotatable bonds is 2. The van der Waals surface area contributed by atoms with Gasteiger partial charge >= 0.3 is 6.03 Å². The Balaban J connectivity index is 1.54. The van der Waals surface area contributed by atoms with Crippen molar-refractivity contribution in [2.24, 2.45) is 11.8 Å². The van der Waals surface area contributed by atoms with Crippen molar-refractivity contribution >= 4 is 11.9 Å². The molecule has 0 aromatic carbocycles. The summed E-state index contributed by atoms with van der Waals surface area (Å²) in [5, 5.41) is 2.68. The number of nitrogens with zero attached hydrogens (tertiary/aromatic N) is 3. The molecule has 0 saturated carbocycles. The first-order valence-corrected chi connectivity index (χ1v) is 8.26. The molecule has 2 saturated heterocycles. The van der Waals surface area contributed by atoms with Crippen LogP contribution < -0.4 is 5.32 Å². The van der Waals surface area contributed by atoms with Gasteiger partial charge in [-0.1, -0.05) is 0 Å². The number of carbonyl (C=O) groups excluding carboxylic acids is 2. The topological polar surface area (TPSA) is 78.7 Å². The van der Waals surface area contributed by atoms with E-state index >= 15 is 0 Å². The second-order valence-corrected chi connectivity index (χ2v) is 6.45.